The molecule has 0 fully saturated rings. The zero-order chi connectivity index (χ0) is 8.81. The summed E-state index contributed by atoms with van der Waals surface area (Å²) in [6.45, 7) is 3.55. The standard InChI is InChI=1S/C10H12N2/c1-3-9-11-12(2)10-7-5-4-6-8-10/h3-9H,1H2,2H3/b11-9+. The van der Waals surface area contributed by atoms with Crippen molar-refractivity contribution in [3.05, 3.63) is 43.0 Å². The molecule has 0 bridgehead atoms. The van der Waals surface area contributed by atoms with Gasteiger partial charge < -0.3 is 0 Å². The number of rotatable bonds is 3. The largest absolute Gasteiger partial charge is 0.269 e. The van der Waals surface area contributed by atoms with E-state index in [1.165, 1.54) is 0 Å². The lowest BCUT2D eigenvalue weighted by atomic mass is 10.3. The molecule has 0 heterocycles. The summed E-state index contributed by atoms with van der Waals surface area (Å²) in [7, 11) is 1.90. The van der Waals surface area contributed by atoms with E-state index in [9.17, 15) is 0 Å². The van der Waals surface area contributed by atoms with E-state index in [2.05, 4.69) is 11.7 Å². The lowest BCUT2D eigenvalue weighted by molar-refractivity contribution is 1.03. The van der Waals surface area contributed by atoms with Crippen LogP contribution in [0.2, 0.25) is 0 Å². The van der Waals surface area contributed by atoms with Crippen molar-refractivity contribution >= 4 is 11.9 Å². The second kappa shape index (κ2) is 4.34. The van der Waals surface area contributed by atoms with Gasteiger partial charge in [-0.3, -0.25) is 5.01 Å². The fourth-order valence-corrected chi connectivity index (χ4v) is 0.858. The van der Waals surface area contributed by atoms with E-state index < -0.39 is 0 Å². The first-order valence-electron chi connectivity index (χ1n) is 3.78. The quantitative estimate of drug-likeness (QED) is 0.489. The second-order valence-electron chi connectivity index (χ2n) is 2.36. The zero-order valence-corrected chi connectivity index (χ0v) is 7.14. The Hall–Kier alpha value is -1.57. The molecule has 12 heavy (non-hydrogen) atoms. The fraction of sp³-hybridized carbons (Fsp3) is 0.100. The summed E-state index contributed by atoms with van der Waals surface area (Å²) in [6, 6.07) is 9.94. The molecule has 2 nitrogen and oxygen atoms in total. The molecule has 1 aromatic carbocycles. The maximum Gasteiger partial charge on any atom is 0.0590 e. The summed E-state index contributed by atoms with van der Waals surface area (Å²) in [6.07, 6.45) is 3.31. The Morgan fingerprint density at radius 1 is 1.33 bits per heavy atom. The van der Waals surface area contributed by atoms with Gasteiger partial charge in [-0.2, -0.15) is 5.10 Å². The SMILES string of the molecule is C=C/C=N/N(C)c1ccccc1. The second-order valence-corrected chi connectivity index (χ2v) is 2.36. The van der Waals surface area contributed by atoms with Gasteiger partial charge in [0.05, 0.1) is 5.69 Å². The van der Waals surface area contributed by atoms with E-state index in [0.29, 0.717) is 0 Å². The number of nitrogens with zero attached hydrogens (tertiary/aromatic N) is 2. The molecule has 0 aliphatic carbocycles. The van der Waals surface area contributed by atoms with Crippen LogP contribution in [0.5, 0.6) is 0 Å². The van der Waals surface area contributed by atoms with Crippen LogP contribution < -0.4 is 5.01 Å². The van der Waals surface area contributed by atoms with E-state index in [4.69, 9.17) is 0 Å². The molecule has 2 heteroatoms. The van der Waals surface area contributed by atoms with Gasteiger partial charge in [-0.1, -0.05) is 24.8 Å². The van der Waals surface area contributed by atoms with Gasteiger partial charge in [-0.25, -0.2) is 0 Å². The zero-order valence-electron chi connectivity index (χ0n) is 7.14. The Morgan fingerprint density at radius 3 is 2.58 bits per heavy atom. The van der Waals surface area contributed by atoms with Gasteiger partial charge >= 0.3 is 0 Å². The van der Waals surface area contributed by atoms with Gasteiger partial charge in [0, 0.05) is 13.3 Å². The van der Waals surface area contributed by atoms with Crippen molar-refractivity contribution in [3.8, 4) is 0 Å². The van der Waals surface area contributed by atoms with Crippen molar-refractivity contribution < 1.29 is 0 Å². The predicted octanol–water partition coefficient (Wildman–Crippen LogP) is 2.29. The van der Waals surface area contributed by atoms with Gasteiger partial charge in [0.2, 0.25) is 0 Å². The third-order valence-corrected chi connectivity index (χ3v) is 1.48. The molecule has 0 unspecified atom stereocenters. The lowest BCUT2D eigenvalue weighted by Gasteiger charge is -2.11. The van der Waals surface area contributed by atoms with Gasteiger partial charge in [0.25, 0.3) is 0 Å². The number of anilines is 1. The summed E-state index contributed by atoms with van der Waals surface area (Å²) < 4.78 is 0. The minimum Gasteiger partial charge on any atom is -0.269 e. The van der Waals surface area contributed by atoms with Crippen molar-refractivity contribution in [2.24, 2.45) is 5.10 Å². The van der Waals surface area contributed by atoms with Crippen molar-refractivity contribution in [2.75, 3.05) is 12.1 Å². The number of benzene rings is 1. The smallest absolute Gasteiger partial charge is 0.0590 e. The molecule has 0 radical (unpaired) electrons. The maximum absolute atomic E-state index is 4.10. The Morgan fingerprint density at radius 2 is 2.00 bits per heavy atom. The number of hydrogen-bond acceptors (Lipinski definition) is 2. The van der Waals surface area contributed by atoms with E-state index in [1.807, 2.05) is 37.4 Å². The van der Waals surface area contributed by atoms with Crippen LogP contribution in [0.1, 0.15) is 0 Å². The van der Waals surface area contributed by atoms with E-state index in [-0.39, 0.29) is 0 Å². The minimum absolute atomic E-state index is 1.07. The molecule has 0 aliphatic rings. The molecule has 0 N–H and O–H groups in total. The molecule has 62 valence electrons. The van der Waals surface area contributed by atoms with Crippen molar-refractivity contribution in [1.82, 2.24) is 0 Å². The van der Waals surface area contributed by atoms with Crippen molar-refractivity contribution in [2.45, 2.75) is 0 Å². The predicted molar refractivity (Wildman–Crippen MR) is 53.5 cm³/mol. The summed E-state index contributed by atoms with van der Waals surface area (Å²) in [5, 5.41) is 5.90. The summed E-state index contributed by atoms with van der Waals surface area (Å²) in [5.41, 5.74) is 1.07. The highest BCUT2D eigenvalue weighted by molar-refractivity contribution is 5.71. The molecule has 0 amide bonds. The molecule has 0 saturated heterocycles. The van der Waals surface area contributed by atoms with E-state index in [1.54, 1.807) is 17.3 Å². The van der Waals surface area contributed by atoms with Crippen LogP contribution in [0.4, 0.5) is 5.69 Å². The molecule has 0 spiro atoms. The van der Waals surface area contributed by atoms with Gasteiger partial charge in [0.15, 0.2) is 0 Å². The number of hydrazone groups is 1. The van der Waals surface area contributed by atoms with Crippen LogP contribution >= 0.6 is 0 Å². The van der Waals surface area contributed by atoms with Crippen molar-refractivity contribution in [1.29, 1.82) is 0 Å². The van der Waals surface area contributed by atoms with Gasteiger partial charge in [-0.15, -0.1) is 0 Å². The molecule has 0 saturated carbocycles. The summed E-state index contributed by atoms with van der Waals surface area (Å²) in [4.78, 5) is 0. The highest BCUT2D eigenvalue weighted by atomic mass is 15.4. The summed E-state index contributed by atoms with van der Waals surface area (Å²) >= 11 is 0. The first kappa shape index (κ1) is 8.53. The number of allylic oxidation sites excluding steroid dienone is 1. The van der Waals surface area contributed by atoms with E-state index in [0.717, 1.165) is 5.69 Å². The molecular weight excluding hydrogens is 148 g/mol. The van der Waals surface area contributed by atoms with E-state index >= 15 is 0 Å². The molecule has 1 rings (SSSR count). The lowest BCUT2D eigenvalue weighted by Crippen LogP contribution is -2.07. The highest BCUT2D eigenvalue weighted by Crippen LogP contribution is 2.10. The van der Waals surface area contributed by atoms with Crippen LogP contribution in [0.15, 0.2) is 48.1 Å². The number of hydrogen-bond donors (Lipinski definition) is 0. The minimum atomic E-state index is 1.07. The van der Waals surface area contributed by atoms with Gasteiger partial charge in [-0.05, 0) is 18.2 Å². The Kier molecular flexibility index (Phi) is 3.08. The third kappa shape index (κ3) is 2.23. The van der Waals surface area contributed by atoms with Crippen LogP contribution in [-0.2, 0) is 0 Å². The van der Waals surface area contributed by atoms with Crippen LogP contribution in [-0.4, -0.2) is 13.3 Å². The Labute approximate surface area is 72.8 Å². The monoisotopic (exact) mass is 160 g/mol. The molecule has 0 atom stereocenters. The normalized spacial score (nSPS) is 10.1. The molecule has 0 aliphatic heterocycles. The summed E-state index contributed by atoms with van der Waals surface area (Å²) in [5.74, 6) is 0. The topological polar surface area (TPSA) is 15.6 Å². The average Bonchev–Trinajstić information content (AvgIpc) is 2.15. The molecule has 0 aromatic heterocycles. The average molecular weight is 160 g/mol. The van der Waals surface area contributed by atoms with Crippen molar-refractivity contribution in [3.63, 3.8) is 0 Å². The molecular formula is C10H12N2. The van der Waals surface area contributed by atoms with Crippen LogP contribution in [0.25, 0.3) is 0 Å². The Balaban J connectivity index is 2.71. The Bertz CT molecular complexity index is 264. The first-order chi connectivity index (χ1) is 5.84. The molecule has 1 aromatic rings. The van der Waals surface area contributed by atoms with Gasteiger partial charge in [0.1, 0.15) is 0 Å². The third-order valence-electron chi connectivity index (χ3n) is 1.48. The highest BCUT2D eigenvalue weighted by Gasteiger charge is 1.92. The van der Waals surface area contributed by atoms with Crippen LogP contribution in [0.3, 0.4) is 0 Å². The number of para-hydroxylation sites is 1. The van der Waals surface area contributed by atoms with Crippen LogP contribution in [0, 0.1) is 0 Å². The first-order valence-corrected chi connectivity index (χ1v) is 3.78. The maximum atomic E-state index is 4.10. The fourth-order valence-electron chi connectivity index (χ4n) is 0.858.